The number of carbonyl (C=O) groups is 2. The van der Waals surface area contributed by atoms with Crippen molar-refractivity contribution < 1.29 is 19.1 Å². The highest BCUT2D eigenvalue weighted by molar-refractivity contribution is 9.10. The van der Waals surface area contributed by atoms with E-state index in [2.05, 4.69) is 33.2 Å². The van der Waals surface area contributed by atoms with Crippen LogP contribution in [0.5, 0.6) is 11.5 Å². The van der Waals surface area contributed by atoms with E-state index in [1.807, 2.05) is 37.3 Å². The summed E-state index contributed by atoms with van der Waals surface area (Å²) in [5, 5.41) is 5.99. The number of imide groups is 1. The first kappa shape index (κ1) is 23.1. The van der Waals surface area contributed by atoms with Crippen LogP contribution in [0.15, 0.2) is 58.1 Å². The number of ether oxygens (including phenoxy) is 2. The van der Waals surface area contributed by atoms with E-state index in [0.717, 1.165) is 23.4 Å². The number of allylic oxidation sites excluding steroid dienone is 2. The number of halogens is 2. The first-order valence-electron chi connectivity index (χ1n) is 11.4. The lowest BCUT2D eigenvalue weighted by Gasteiger charge is -2.37. The smallest absolute Gasteiger partial charge is 0.254 e. The quantitative estimate of drug-likeness (QED) is 0.259. The van der Waals surface area contributed by atoms with Crippen LogP contribution in [0.4, 0.5) is 0 Å². The van der Waals surface area contributed by atoms with Crippen LogP contribution in [0.25, 0.3) is 0 Å². The summed E-state index contributed by atoms with van der Waals surface area (Å²) in [7, 11) is 0. The largest absolute Gasteiger partial charge is 0.490 e. The third-order valence-corrected chi connectivity index (χ3v) is 7.68. The summed E-state index contributed by atoms with van der Waals surface area (Å²) in [5.41, 5.74) is 1.54. The Morgan fingerprint density at radius 2 is 1.76 bits per heavy atom. The lowest BCUT2D eigenvalue weighted by atomic mass is 9.63. The molecule has 0 spiro atoms. The number of fused-ring (bicyclic) bond motifs is 1. The van der Waals surface area contributed by atoms with E-state index in [0.29, 0.717) is 33.2 Å². The molecular formula is C26H24BrClN2O4. The van der Waals surface area contributed by atoms with E-state index < -0.39 is 0 Å². The van der Waals surface area contributed by atoms with Crippen molar-refractivity contribution in [1.29, 1.82) is 0 Å². The van der Waals surface area contributed by atoms with Crippen LogP contribution in [0.1, 0.15) is 30.9 Å². The fourth-order valence-corrected chi connectivity index (χ4v) is 5.89. The highest BCUT2D eigenvalue weighted by atomic mass is 79.9. The summed E-state index contributed by atoms with van der Waals surface area (Å²) in [4.78, 5) is 26.0. The van der Waals surface area contributed by atoms with E-state index in [-0.39, 0.29) is 42.1 Å². The molecular weight excluding hydrogens is 520 g/mol. The Kier molecular flexibility index (Phi) is 6.49. The van der Waals surface area contributed by atoms with Crippen molar-refractivity contribution in [1.82, 2.24) is 5.01 Å². The number of hydrogen-bond acceptors (Lipinski definition) is 5. The molecule has 4 aliphatic rings. The minimum Gasteiger partial charge on any atom is -0.490 e. The van der Waals surface area contributed by atoms with E-state index in [1.54, 1.807) is 6.07 Å². The van der Waals surface area contributed by atoms with Crippen molar-refractivity contribution >= 4 is 45.6 Å². The van der Waals surface area contributed by atoms with Gasteiger partial charge in [-0.05, 0) is 71.3 Å². The number of hydrogen-bond donors (Lipinski definition) is 0. The van der Waals surface area contributed by atoms with E-state index in [9.17, 15) is 9.59 Å². The molecule has 2 fully saturated rings. The van der Waals surface area contributed by atoms with Crippen LogP contribution in [0, 0.1) is 23.7 Å². The van der Waals surface area contributed by atoms with Gasteiger partial charge in [-0.2, -0.15) is 10.1 Å². The lowest BCUT2D eigenvalue weighted by Crippen LogP contribution is -2.38. The molecule has 3 aliphatic carbocycles. The molecule has 0 aromatic heterocycles. The Hall–Kier alpha value is -2.64. The number of hydrazone groups is 1. The van der Waals surface area contributed by atoms with Gasteiger partial charge in [-0.1, -0.05) is 42.0 Å². The molecule has 1 heterocycles. The average molecular weight is 544 g/mol. The molecule has 1 saturated carbocycles. The van der Waals surface area contributed by atoms with Gasteiger partial charge in [-0.15, -0.1) is 0 Å². The van der Waals surface area contributed by atoms with Crippen molar-refractivity contribution in [3.05, 3.63) is 69.2 Å². The maximum absolute atomic E-state index is 13.0. The third kappa shape index (κ3) is 4.16. The summed E-state index contributed by atoms with van der Waals surface area (Å²) in [6, 6.07) is 11.1. The Morgan fingerprint density at radius 3 is 2.38 bits per heavy atom. The topological polar surface area (TPSA) is 68.2 Å². The van der Waals surface area contributed by atoms with Gasteiger partial charge in [0.2, 0.25) is 0 Å². The van der Waals surface area contributed by atoms with Gasteiger partial charge in [0, 0.05) is 10.6 Å². The lowest BCUT2D eigenvalue weighted by molar-refractivity contribution is -0.140. The van der Waals surface area contributed by atoms with Crippen molar-refractivity contribution in [2.45, 2.75) is 26.4 Å². The van der Waals surface area contributed by atoms with Crippen molar-refractivity contribution in [3.8, 4) is 11.5 Å². The zero-order valence-corrected chi connectivity index (χ0v) is 21.0. The molecule has 4 atom stereocenters. The number of nitrogens with zero attached hydrogens (tertiary/aromatic N) is 2. The van der Waals surface area contributed by atoms with E-state index in [4.69, 9.17) is 21.1 Å². The SMILES string of the molecule is CCOc1cc(C=NN2C(=O)C3C4C=CC(CC4)C3C2=O)cc(Br)c1OCc1ccccc1Cl. The Bertz CT molecular complexity index is 1170. The van der Waals surface area contributed by atoms with Crippen molar-refractivity contribution in [2.24, 2.45) is 28.8 Å². The van der Waals surface area contributed by atoms with Gasteiger partial charge in [-0.3, -0.25) is 9.59 Å². The van der Waals surface area contributed by atoms with Gasteiger partial charge in [0.1, 0.15) is 6.61 Å². The molecule has 4 unspecified atom stereocenters. The molecule has 1 aliphatic heterocycles. The average Bonchev–Trinajstić information content (AvgIpc) is 3.11. The Balaban J connectivity index is 1.36. The third-order valence-electron chi connectivity index (χ3n) is 6.72. The highest BCUT2D eigenvalue weighted by Gasteiger charge is 2.56. The molecule has 2 bridgehead atoms. The van der Waals surface area contributed by atoms with Crippen LogP contribution in [0.2, 0.25) is 5.02 Å². The van der Waals surface area contributed by atoms with Crippen LogP contribution in [0.3, 0.4) is 0 Å². The van der Waals surface area contributed by atoms with Gasteiger partial charge in [0.25, 0.3) is 11.8 Å². The van der Waals surface area contributed by atoms with E-state index >= 15 is 0 Å². The van der Waals surface area contributed by atoms with Gasteiger partial charge < -0.3 is 9.47 Å². The molecule has 0 radical (unpaired) electrons. The molecule has 0 N–H and O–H groups in total. The fourth-order valence-electron chi connectivity index (χ4n) is 5.13. The first-order chi connectivity index (χ1) is 16.5. The molecule has 2 aromatic carbocycles. The molecule has 6 rings (SSSR count). The molecule has 6 nitrogen and oxygen atoms in total. The molecule has 2 amide bonds. The van der Waals surface area contributed by atoms with E-state index in [1.165, 1.54) is 6.21 Å². The second-order valence-electron chi connectivity index (χ2n) is 8.72. The monoisotopic (exact) mass is 542 g/mol. The van der Waals surface area contributed by atoms with Gasteiger partial charge in [0.15, 0.2) is 11.5 Å². The first-order valence-corrected chi connectivity index (χ1v) is 12.6. The summed E-state index contributed by atoms with van der Waals surface area (Å²) < 4.78 is 12.5. The van der Waals surface area contributed by atoms with Crippen molar-refractivity contribution in [3.63, 3.8) is 0 Å². The Morgan fingerprint density at radius 1 is 1.09 bits per heavy atom. The van der Waals surface area contributed by atoms with Crippen LogP contribution >= 0.6 is 27.5 Å². The summed E-state index contributed by atoms with van der Waals surface area (Å²) in [6.07, 6.45) is 7.63. The fraction of sp³-hybridized carbons (Fsp3) is 0.346. The summed E-state index contributed by atoms with van der Waals surface area (Å²) in [6.45, 7) is 2.61. The number of carbonyl (C=O) groups excluding carboxylic acids is 2. The number of amides is 2. The molecule has 34 heavy (non-hydrogen) atoms. The van der Waals surface area contributed by atoms with Crippen LogP contribution in [-0.4, -0.2) is 29.6 Å². The van der Waals surface area contributed by atoms with Gasteiger partial charge in [0.05, 0.1) is 29.1 Å². The normalized spacial score (nSPS) is 25.3. The van der Waals surface area contributed by atoms with Crippen LogP contribution < -0.4 is 9.47 Å². The second kappa shape index (κ2) is 9.55. The summed E-state index contributed by atoms with van der Waals surface area (Å²) >= 11 is 9.80. The predicted octanol–water partition coefficient (Wildman–Crippen LogP) is 5.61. The standard InChI is InChI=1S/C26H24BrClN2O4/c1-2-33-21-12-15(11-19(27)24(21)34-14-18-5-3-4-6-20(18)28)13-29-30-25(31)22-16-7-8-17(10-9-16)23(22)26(30)32/h3-8,11-13,16-17,22-23H,2,9-10,14H2,1H3. The van der Waals surface area contributed by atoms with Gasteiger partial charge >= 0.3 is 0 Å². The summed E-state index contributed by atoms with van der Waals surface area (Å²) in [5.74, 6) is 0.392. The van der Waals surface area contributed by atoms with Crippen LogP contribution in [-0.2, 0) is 16.2 Å². The minimum atomic E-state index is -0.278. The Labute approximate surface area is 211 Å². The second-order valence-corrected chi connectivity index (χ2v) is 9.98. The highest BCUT2D eigenvalue weighted by Crippen LogP contribution is 2.49. The zero-order chi connectivity index (χ0) is 23.8. The minimum absolute atomic E-state index is 0.139. The maximum atomic E-state index is 13.0. The maximum Gasteiger partial charge on any atom is 0.254 e. The predicted molar refractivity (Wildman–Crippen MR) is 133 cm³/mol. The zero-order valence-electron chi connectivity index (χ0n) is 18.6. The number of benzene rings is 2. The number of rotatable bonds is 7. The molecule has 1 saturated heterocycles. The molecule has 8 heteroatoms. The van der Waals surface area contributed by atoms with Crippen molar-refractivity contribution in [2.75, 3.05) is 6.61 Å². The van der Waals surface area contributed by atoms with Gasteiger partial charge in [-0.25, -0.2) is 0 Å². The molecule has 2 aromatic rings. The molecule has 176 valence electrons.